The quantitative estimate of drug-likeness (QED) is 0.823. The van der Waals surface area contributed by atoms with Crippen LogP contribution in [0.2, 0.25) is 0 Å². The van der Waals surface area contributed by atoms with Crippen LogP contribution in [0.1, 0.15) is 25.5 Å². The molecule has 0 aliphatic carbocycles. The molecule has 1 fully saturated rings. The van der Waals surface area contributed by atoms with Crippen LogP contribution in [0.15, 0.2) is 18.3 Å². The van der Waals surface area contributed by atoms with Crippen molar-refractivity contribution >= 4 is 11.6 Å². The van der Waals surface area contributed by atoms with Crippen molar-refractivity contribution in [1.29, 1.82) is 0 Å². The Morgan fingerprint density at radius 2 is 2.42 bits per heavy atom. The summed E-state index contributed by atoms with van der Waals surface area (Å²) in [6.45, 7) is 5.11. The number of likely N-dealkylation sites (N-methyl/N-ethyl adjacent to an activating group) is 1. The van der Waals surface area contributed by atoms with E-state index in [1.807, 2.05) is 0 Å². The lowest BCUT2D eigenvalue weighted by molar-refractivity contribution is -0.120. The maximum atomic E-state index is 11.8. The number of anilines is 1. The Balaban J connectivity index is 1.77. The summed E-state index contributed by atoms with van der Waals surface area (Å²) in [5.74, 6) is 0.0280. The second kappa shape index (κ2) is 6.52. The number of hydrogen-bond acceptors (Lipinski definition) is 4. The van der Waals surface area contributed by atoms with Crippen LogP contribution < -0.4 is 11.1 Å². The standard InChI is InChI=1S/C14H22N4O/c1-2-18-7-3-4-13(18)10-17-14(19)8-12-6-5-11(15)9-16-12/h5-6,9,13H,2-4,7-8,10,15H2,1H3,(H,17,19). The Bertz CT molecular complexity index is 418. The number of nitrogens with zero attached hydrogens (tertiary/aromatic N) is 2. The highest BCUT2D eigenvalue weighted by Crippen LogP contribution is 2.15. The molecule has 0 radical (unpaired) electrons. The van der Waals surface area contributed by atoms with E-state index < -0.39 is 0 Å². The summed E-state index contributed by atoms with van der Waals surface area (Å²) >= 11 is 0. The average molecular weight is 262 g/mol. The summed E-state index contributed by atoms with van der Waals surface area (Å²) in [5.41, 5.74) is 6.94. The zero-order chi connectivity index (χ0) is 13.7. The van der Waals surface area contributed by atoms with Crippen LogP contribution in [0.5, 0.6) is 0 Å². The number of hydrogen-bond donors (Lipinski definition) is 2. The molecule has 1 amide bonds. The first-order valence-corrected chi connectivity index (χ1v) is 6.90. The van der Waals surface area contributed by atoms with Gasteiger partial charge in [-0.1, -0.05) is 6.92 Å². The van der Waals surface area contributed by atoms with E-state index in [9.17, 15) is 4.79 Å². The van der Waals surface area contributed by atoms with Crippen molar-refractivity contribution in [3.8, 4) is 0 Å². The molecule has 1 aromatic heterocycles. The largest absolute Gasteiger partial charge is 0.397 e. The van der Waals surface area contributed by atoms with Gasteiger partial charge in [0.15, 0.2) is 0 Å². The molecule has 1 aliphatic rings. The molecule has 1 saturated heterocycles. The van der Waals surface area contributed by atoms with E-state index in [0.717, 1.165) is 25.3 Å². The van der Waals surface area contributed by atoms with Gasteiger partial charge in [0.05, 0.1) is 18.3 Å². The Labute approximate surface area is 114 Å². The zero-order valence-electron chi connectivity index (χ0n) is 11.4. The van der Waals surface area contributed by atoms with Gasteiger partial charge in [-0.05, 0) is 38.1 Å². The van der Waals surface area contributed by atoms with Gasteiger partial charge >= 0.3 is 0 Å². The number of rotatable bonds is 5. The molecule has 1 aromatic rings. The highest BCUT2D eigenvalue weighted by molar-refractivity contribution is 5.78. The first kappa shape index (κ1) is 13.8. The molecule has 0 bridgehead atoms. The average Bonchev–Trinajstić information content (AvgIpc) is 2.86. The minimum atomic E-state index is 0.0280. The maximum absolute atomic E-state index is 11.8. The highest BCUT2D eigenvalue weighted by Gasteiger charge is 2.23. The van der Waals surface area contributed by atoms with Crippen molar-refractivity contribution < 1.29 is 4.79 Å². The number of carbonyl (C=O) groups excluding carboxylic acids is 1. The van der Waals surface area contributed by atoms with Gasteiger partial charge in [-0.3, -0.25) is 14.7 Å². The van der Waals surface area contributed by atoms with Crippen LogP contribution in [0.25, 0.3) is 0 Å². The van der Waals surface area contributed by atoms with E-state index in [4.69, 9.17) is 5.73 Å². The number of amides is 1. The molecule has 3 N–H and O–H groups in total. The van der Waals surface area contributed by atoms with Crippen molar-refractivity contribution in [2.45, 2.75) is 32.2 Å². The molecule has 2 heterocycles. The molecule has 5 heteroatoms. The molecule has 2 rings (SSSR count). The fourth-order valence-electron chi connectivity index (χ4n) is 2.54. The molecule has 1 atom stereocenters. The van der Waals surface area contributed by atoms with Crippen LogP contribution in [-0.2, 0) is 11.2 Å². The summed E-state index contributed by atoms with van der Waals surface area (Å²) < 4.78 is 0. The molecular weight excluding hydrogens is 240 g/mol. The smallest absolute Gasteiger partial charge is 0.226 e. The zero-order valence-corrected chi connectivity index (χ0v) is 11.4. The lowest BCUT2D eigenvalue weighted by Gasteiger charge is -2.22. The number of carbonyl (C=O) groups is 1. The summed E-state index contributed by atoms with van der Waals surface area (Å²) in [4.78, 5) is 18.4. The van der Waals surface area contributed by atoms with Gasteiger partial charge in [0.25, 0.3) is 0 Å². The van der Waals surface area contributed by atoms with Crippen LogP contribution in [0, 0.1) is 0 Å². The number of pyridine rings is 1. The van der Waals surface area contributed by atoms with Crippen LogP contribution >= 0.6 is 0 Å². The van der Waals surface area contributed by atoms with Crippen LogP contribution in [0.3, 0.4) is 0 Å². The third-order valence-corrected chi connectivity index (χ3v) is 3.63. The Hall–Kier alpha value is -1.62. The third kappa shape index (κ3) is 3.92. The number of aromatic nitrogens is 1. The van der Waals surface area contributed by atoms with Gasteiger partial charge in [0.2, 0.25) is 5.91 Å². The minimum Gasteiger partial charge on any atom is -0.397 e. The van der Waals surface area contributed by atoms with Gasteiger partial charge in [-0.25, -0.2) is 0 Å². The highest BCUT2D eigenvalue weighted by atomic mass is 16.1. The number of nitrogen functional groups attached to an aromatic ring is 1. The van der Waals surface area contributed by atoms with Crippen molar-refractivity contribution in [1.82, 2.24) is 15.2 Å². The maximum Gasteiger partial charge on any atom is 0.226 e. The Morgan fingerprint density at radius 1 is 1.58 bits per heavy atom. The summed E-state index contributed by atoms with van der Waals surface area (Å²) in [6.07, 6.45) is 4.31. The number of nitrogens with two attached hydrogens (primary N) is 1. The minimum absolute atomic E-state index is 0.0280. The molecule has 0 saturated carbocycles. The van der Waals surface area contributed by atoms with Crippen molar-refractivity contribution in [3.63, 3.8) is 0 Å². The first-order valence-electron chi connectivity index (χ1n) is 6.90. The van der Waals surface area contributed by atoms with E-state index in [2.05, 4.69) is 22.1 Å². The van der Waals surface area contributed by atoms with Gasteiger partial charge in [0.1, 0.15) is 0 Å². The van der Waals surface area contributed by atoms with Crippen molar-refractivity contribution in [2.75, 3.05) is 25.4 Å². The van der Waals surface area contributed by atoms with Crippen LogP contribution in [-0.4, -0.2) is 41.5 Å². The van der Waals surface area contributed by atoms with E-state index in [0.29, 0.717) is 18.2 Å². The van der Waals surface area contributed by atoms with E-state index in [-0.39, 0.29) is 5.91 Å². The molecule has 1 unspecified atom stereocenters. The predicted octanol–water partition coefficient (Wildman–Crippen LogP) is 0.807. The lowest BCUT2D eigenvalue weighted by Crippen LogP contribution is -2.40. The van der Waals surface area contributed by atoms with E-state index in [1.54, 1.807) is 18.3 Å². The van der Waals surface area contributed by atoms with Gasteiger partial charge in [-0.15, -0.1) is 0 Å². The monoisotopic (exact) mass is 262 g/mol. The van der Waals surface area contributed by atoms with Crippen LogP contribution in [0.4, 0.5) is 5.69 Å². The van der Waals surface area contributed by atoms with Crippen molar-refractivity contribution in [2.24, 2.45) is 0 Å². The molecule has 19 heavy (non-hydrogen) atoms. The number of likely N-dealkylation sites (tertiary alicyclic amines) is 1. The molecule has 0 spiro atoms. The summed E-state index contributed by atoms with van der Waals surface area (Å²) in [7, 11) is 0. The van der Waals surface area contributed by atoms with E-state index in [1.165, 1.54) is 12.8 Å². The van der Waals surface area contributed by atoms with Gasteiger partial charge < -0.3 is 11.1 Å². The SMILES string of the molecule is CCN1CCCC1CNC(=O)Cc1ccc(N)cn1. The fraction of sp³-hybridized carbons (Fsp3) is 0.571. The summed E-state index contributed by atoms with van der Waals surface area (Å²) in [5, 5.41) is 3.00. The van der Waals surface area contributed by atoms with Gasteiger partial charge in [0, 0.05) is 18.3 Å². The second-order valence-corrected chi connectivity index (χ2v) is 4.99. The molecule has 104 valence electrons. The number of nitrogens with one attached hydrogen (secondary N) is 1. The normalized spacial score (nSPS) is 19.5. The van der Waals surface area contributed by atoms with Crippen molar-refractivity contribution in [3.05, 3.63) is 24.0 Å². The molecule has 5 nitrogen and oxygen atoms in total. The Kier molecular flexibility index (Phi) is 4.74. The van der Waals surface area contributed by atoms with E-state index >= 15 is 0 Å². The Morgan fingerprint density at radius 3 is 3.11 bits per heavy atom. The fourth-order valence-corrected chi connectivity index (χ4v) is 2.54. The molecule has 1 aliphatic heterocycles. The first-order chi connectivity index (χ1) is 9.19. The third-order valence-electron chi connectivity index (χ3n) is 3.63. The molecular formula is C14H22N4O. The molecule has 0 aromatic carbocycles. The lowest BCUT2D eigenvalue weighted by atomic mass is 10.2. The van der Waals surface area contributed by atoms with Gasteiger partial charge in [-0.2, -0.15) is 0 Å². The second-order valence-electron chi connectivity index (χ2n) is 4.99. The topological polar surface area (TPSA) is 71.2 Å². The summed E-state index contributed by atoms with van der Waals surface area (Å²) in [6, 6.07) is 4.06. The predicted molar refractivity (Wildman–Crippen MR) is 75.6 cm³/mol.